The highest BCUT2D eigenvalue weighted by Crippen LogP contribution is 2.36. The Morgan fingerprint density at radius 1 is 1.00 bits per heavy atom. The van der Waals surface area contributed by atoms with Crippen LogP contribution in [0.4, 0.5) is 13.9 Å². The average Bonchev–Trinajstić information content (AvgIpc) is 3.33. The summed E-state index contributed by atoms with van der Waals surface area (Å²) < 4.78 is 28.5. The number of rotatable bonds is 4. The Balaban J connectivity index is 1.49. The molecule has 0 aliphatic heterocycles. The number of fused-ring (bicyclic) bond motifs is 2. The molecule has 0 atom stereocenters. The van der Waals surface area contributed by atoms with Gasteiger partial charge in [0, 0.05) is 5.56 Å². The minimum Gasteiger partial charge on any atom is -0.298 e. The molecule has 3 aromatic carbocycles. The van der Waals surface area contributed by atoms with Crippen molar-refractivity contribution in [1.29, 1.82) is 0 Å². The van der Waals surface area contributed by atoms with Crippen LogP contribution in [0.15, 0.2) is 66.7 Å². The normalized spacial score (nSPS) is 11.5. The quantitative estimate of drug-likeness (QED) is 0.363. The Morgan fingerprint density at radius 2 is 1.74 bits per heavy atom. The SMILES string of the molecule is Cc1nc(NC(=O)c2ccc3ccccc3c2)sc1-c1nc2ccccc2n1C(F)F. The maximum atomic E-state index is 13.8. The van der Waals surface area contributed by atoms with Crippen molar-refractivity contribution >= 4 is 44.2 Å². The second-order valence-corrected chi connectivity index (χ2v) is 8.02. The minimum atomic E-state index is -2.75. The number of alkyl halides is 2. The summed E-state index contributed by atoms with van der Waals surface area (Å²) in [7, 11) is 0. The first kappa shape index (κ1) is 19.3. The van der Waals surface area contributed by atoms with Crippen molar-refractivity contribution in [1.82, 2.24) is 14.5 Å². The van der Waals surface area contributed by atoms with E-state index in [1.54, 1.807) is 37.3 Å². The van der Waals surface area contributed by atoms with Crippen molar-refractivity contribution in [2.75, 3.05) is 5.32 Å². The highest BCUT2D eigenvalue weighted by molar-refractivity contribution is 7.19. The standard InChI is InChI=1S/C23H16F2N4OS/c1-13-19(20-27-17-8-4-5-9-18(17)29(20)22(24)25)31-23(26-13)28-21(30)16-11-10-14-6-2-3-7-15(14)12-16/h2-12,22H,1H3,(H,26,28,30). The van der Waals surface area contributed by atoms with Crippen LogP contribution in [0.5, 0.6) is 0 Å². The van der Waals surface area contributed by atoms with Gasteiger partial charge in [0.2, 0.25) is 0 Å². The number of aromatic nitrogens is 3. The van der Waals surface area contributed by atoms with Crippen LogP contribution in [0.2, 0.25) is 0 Å². The van der Waals surface area contributed by atoms with Gasteiger partial charge in [-0.05, 0) is 42.0 Å². The summed E-state index contributed by atoms with van der Waals surface area (Å²) in [6.45, 7) is -1.04. The van der Waals surface area contributed by atoms with E-state index in [0.717, 1.165) is 26.7 Å². The third kappa shape index (κ3) is 3.44. The summed E-state index contributed by atoms with van der Waals surface area (Å²) >= 11 is 1.13. The fourth-order valence-electron chi connectivity index (χ4n) is 3.56. The molecule has 0 bridgehead atoms. The Kier molecular flexibility index (Phi) is 4.71. The molecule has 0 aliphatic carbocycles. The predicted octanol–water partition coefficient (Wildman–Crippen LogP) is 6.27. The topological polar surface area (TPSA) is 59.8 Å². The van der Waals surface area contributed by atoms with E-state index < -0.39 is 6.55 Å². The highest BCUT2D eigenvalue weighted by atomic mass is 32.1. The first-order valence-electron chi connectivity index (χ1n) is 9.54. The Morgan fingerprint density at radius 3 is 2.55 bits per heavy atom. The third-order valence-electron chi connectivity index (χ3n) is 5.02. The lowest BCUT2D eigenvalue weighted by atomic mass is 10.1. The van der Waals surface area contributed by atoms with Crippen LogP contribution in [-0.4, -0.2) is 20.4 Å². The number of nitrogens with one attached hydrogen (secondary N) is 1. The molecule has 2 heterocycles. The zero-order valence-corrected chi connectivity index (χ0v) is 17.2. The Labute approximate surface area is 180 Å². The van der Waals surface area contributed by atoms with Crippen LogP contribution in [0, 0.1) is 6.92 Å². The number of nitrogens with zero attached hydrogens (tertiary/aromatic N) is 3. The summed E-state index contributed by atoms with van der Waals surface area (Å²) in [6.07, 6.45) is 0. The molecule has 31 heavy (non-hydrogen) atoms. The van der Waals surface area contributed by atoms with Crippen molar-refractivity contribution in [2.24, 2.45) is 0 Å². The van der Waals surface area contributed by atoms with Gasteiger partial charge in [0.15, 0.2) is 11.0 Å². The average molecular weight is 434 g/mol. The van der Waals surface area contributed by atoms with Gasteiger partial charge in [-0.1, -0.05) is 53.8 Å². The maximum absolute atomic E-state index is 13.8. The van der Waals surface area contributed by atoms with Gasteiger partial charge in [-0.15, -0.1) is 0 Å². The number of anilines is 1. The number of halogens is 2. The molecule has 0 spiro atoms. The molecule has 0 fully saturated rings. The largest absolute Gasteiger partial charge is 0.320 e. The molecule has 1 N–H and O–H groups in total. The van der Waals surface area contributed by atoms with E-state index in [1.807, 2.05) is 36.4 Å². The third-order valence-corrected chi connectivity index (χ3v) is 6.09. The molecule has 0 radical (unpaired) electrons. The molecule has 5 aromatic rings. The van der Waals surface area contributed by atoms with Crippen LogP contribution < -0.4 is 5.32 Å². The van der Waals surface area contributed by atoms with E-state index in [9.17, 15) is 13.6 Å². The van der Waals surface area contributed by atoms with Gasteiger partial charge < -0.3 is 0 Å². The number of amides is 1. The van der Waals surface area contributed by atoms with Crippen LogP contribution in [0.25, 0.3) is 32.5 Å². The molecule has 2 aromatic heterocycles. The molecular formula is C23H16F2N4OS. The van der Waals surface area contributed by atoms with Crippen LogP contribution in [-0.2, 0) is 0 Å². The number of carbonyl (C=O) groups excluding carboxylic acids is 1. The number of para-hydroxylation sites is 2. The van der Waals surface area contributed by atoms with Crippen molar-refractivity contribution in [2.45, 2.75) is 13.5 Å². The van der Waals surface area contributed by atoms with Gasteiger partial charge in [0.25, 0.3) is 5.91 Å². The summed E-state index contributed by atoms with van der Waals surface area (Å²) in [4.78, 5) is 22.0. The van der Waals surface area contributed by atoms with Gasteiger partial charge in [-0.2, -0.15) is 8.78 Å². The second kappa shape index (κ2) is 7.55. The molecule has 8 heteroatoms. The fraction of sp³-hybridized carbons (Fsp3) is 0.0870. The maximum Gasteiger partial charge on any atom is 0.320 e. The van der Waals surface area contributed by atoms with Crippen molar-refractivity contribution in [3.63, 3.8) is 0 Å². The number of hydrogen-bond donors (Lipinski definition) is 1. The first-order valence-corrected chi connectivity index (χ1v) is 10.4. The number of hydrogen-bond acceptors (Lipinski definition) is 4. The predicted molar refractivity (Wildman–Crippen MR) is 119 cm³/mol. The number of thiazole rings is 1. The van der Waals surface area contributed by atoms with Crippen molar-refractivity contribution < 1.29 is 13.6 Å². The van der Waals surface area contributed by atoms with E-state index in [-0.39, 0.29) is 11.7 Å². The molecule has 0 aliphatic rings. The molecule has 0 saturated carbocycles. The van der Waals surface area contributed by atoms with E-state index in [2.05, 4.69) is 15.3 Å². The number of benzene rings is 3. The first-order chi connectivity index (χ1) is 15.0. The molecule has 0 unspecified atom stereocenters. The number of imidazole rings is 1. The lowest BCUT2D eigenvalue weighted by Crippen LogP contribution is -2.11. The number of carbonyl (C=O) groups is 1. The van der Waals surface area contributed by atoms with E-state index in [1.165, 1.54) is 0 Å². The number of aryl methyl sites for hydroxylation is 1. The summed E-state index contributed by atoms with van der Waals surface area (Å²) in [5.74, 6) is -0.175. The Bertz CT molecular complexity index is 1440. The van der Waals surface area contributed by atoms with Crippen LogP contribution in [0.1, 0.15) is 22.6 Å². The van der Waals surface area contributed by atoms with Gasteiger partial charge in [-0.25, -0.2) is 9.97 Å². The molecule has 0 saturated heterocycles. The monoisotopic (exact) mass is 434 g/mol. The van der Waals surface area contributed by atoms with Gasteiger partial charge >= 0.3 is 6.55 Å². The zero-order valence-electron chi connectivity index (χ0n) is 16.3. The van der Waals surface area contributed by atoms with Gasteiger partial charge in [0.1, 0.15) is 0 Å². The highest BCUT2D eigenvalue weighted by Gasteiger charge is 2.23. The molecule has 5 nitrogen and oxygen atoms in total. The lowest BCUT2D eigenvalue weighted by Gasteiger charge is -2.06. The van der Waals surface area contributed by atoms with Gasteiger partial charge in [0.05, 0.1) is 21.6 Å². The summed E-state index contributed by atoms with van der Waals surface area (Å²) in [6, 6.07) is 19.9. The molecular weight excluding hydrogens is 418 g/mol. The second-order valence-electron chi connectivity index (χ2n) is 7.02. The van der Waals surface area contributed by atoms with Crippen molar-refractivity contribution in [3.8, 4) is 10.7 Å². The minimum absolute atomic E-state index is 0.136. The zero-order chi connectivity index (χ0) is 21.5. The molecule has 154 valence electrons. The Hall–Kier alpha value is -3.65. The fourth-order valence-corrected chi connectivity index (χ4v) is 4.51. The van der Waals surface area contributed by atoms with E-state index >= 15 is 0 Å². The summed E-state index contributed by atoms with van der Waals surface area (Å²) in [5, 5.41) is 5.11. The van der Waals surface area contributed by atoms with E-state index in [4.69, 9.17) is 0 Å². The van der Waals surface area contributed by atoms with Gasteiger partial charge in [-0.3, -0.25) is 14.7 Å². The van der Waals surface area contributed by atoms with Crippen LogP contribution in [0.3, 0.4) is 0 Å². The smallest absolute Gasteiger partial charge is 0.298 e. The summed E-state index contributed by atoms with van der Waals surface area (Å²) in [5.41, 5.74) is 1.85. The lowest BCUT2D eigenvalue weighted by molar-refractivity contribution is 0.0764. The van der Waals surface area contributed by atoms with E-state index in [0.29, 0.717) is 32.3 Å². The van der Waals surface area contributed by atoms with Crippen LogP contribution >= 0.6 is 11.3 Å². The molecule has 5 rings (SSSR count). The molecule has 1 amide bonds. The van der Waals surface area contributed by atoms with Crippen molar-refractivity contribution in [3.05, 3.63) is 78.0 Å².